The zero-order valence-corrected chi connectivity index (χ0v) is 30.2. The van der Waals surface area contributed by atoms with Gasteiger partial charge < -0.3 is 29.9 Å². The summed E-state index contributed by atoms with van der Waals surface area (Å²) in [6, 6.07) is 8.13. The van der Waals surface area contributed by atoms with E-state index < -0.39 is 59.5 Å². The van der Waals surface area contributed by atoms with Crippen molar-refractivity contribution in [2.24, 2.45) is 11.8 Å². The van der Waals surface area contributed by atoms with Gasteiger partial charge in [0.15, 0.2) is 6.10 Å². The number of rotatable bonds is 8. The summed E-state index contributed by atoms with van der Waals surface area (Å²) in [7, 11) is 0. The maximum absolute atomic E-state index is 14.0. The summed E-state index contributed by atoms with van der Waals surface area (Å²) in [6.45, 7) is 2.54. The fraction of sp³-hybridized carbons (Fsp3) is 0.579. The lowest BCUT2D eigenvalue weighted by Gasteiger charge is -2.41. The summed E-state index contributed by atoms with van der Waals surface area (Å²) in [5.74, 6) is -1.03. The molecule has 4 heterocycles. The number of ether oxygens (including phenoxy) is 1. The molecule has 2 aromatic carbocycles. The summed E-state index contributed by atoms with van der Waals surface area (Å²) in [4.78, 5) is 58.2. The van der Waals surface area contributed by atoms with Crippen LogP contribution in [0.25, 0.3) is 0 Å². The van der Waals surface area contributed by atoms with E-state index in [1.54, 1.807) is 4.90 Å². The van der Waals surface area contributed by atoms with Crippen LogP contribution >= 0.6 is 0 Å². The number of urea groups is 1. The molecule has 2 aromatic rings. The number of fused-ring (bicyclic) bond motifs is 1. The van der Waals surface area contributed by atoms with Gasteiger partial charge in [-0.15, -0.1) is 0 Å². The van der Waals surface area contributed by atoms with Gasteiger partial charge in [-0.3, -0.25) is 14.5 Å². The van der Waals surface area contributed by atoms with Crippen LogP contribution in [0.1, 0.15) is 60.8 Å². The lowest BCUT2D eigenvalue weighted by Crippen LogP contribution is -2.52. The fourth-order valence-electron chi connectivity index (χ4n) is 8.39. The Kier molecular flexibility index (Phi) is 12.2. The van der Waals surface area contributed by atoms with Crippen molar-refractivity contribution in [3.05, 3.63) is 64.7 Å². The first kappa shape index (κ1) is 40.1. The van der Waals surface area contributed by atoms with Crippen LogP contribution in [0.4, 0.5) is 41.6 Å². The van der Waals surface area contributed by atoms with Crippen LogP contribution in [0, 0.1) is 11.8 Å². The molecule has 2 N–H and O–H groups in total. The number of carboxylic acid groups (broad SMARTS) is 1. The molecule has 0 unspecified atom stereocenters. The lowest BCUT2D eigenvalue weighted by molar-refractivity contribution is -0.143. The number of aliphatic carboxylic acids is 1. The Balaban J connectivity index is 1.13. The third-order valence-corrected chi connectivity index (χ3v) is 11.4. The first-order valence-corrected chi connectivity index (χ1v) is 18.7. The maximum atomic E-state index is 14.0. The van der Waals surface area contributed by atoms with Gasteiger partial charge in [-0.2, -0.15) is 26.3 Å². The molecule has 0 spiro atoms. The minimum absolute atomic E-state index is 0.0106. The molecule has 4 amide bonds. The molecule has 300 valence electrons. The number of para-hydroxylation sites is 1. The van der Waals surface area contributed by atoms with Crippen molar-refractivity contribution < 1.29 is 55.4 Å². The molecule has 55 heavy (non-hydrogen) atoms. The van der Waals surface area contributed by atoms with Crippen molar-refractivity contribution in [1.29, 1.82) is 0 Å². The Morgan fingerprint density at radius 1 is 0.782 bits per heavy atom. The van der Waals surface area contributed by atoms with Gasteiger partial charge in [0.1, 0.15) is 0 Å². The minimum atomic E-state index is -5.10. The third kappa shape index (κ3) is 10.0. The second-order valence-electron chi connectivity index (χ2n) is 14.9. The van der Waals surface area contributed by atoms with Gasteiger partial charge in [0, 0.05) is 50.9 Å². The Labute approximate surface area is 314 Å². The quantitative estimate of drug-likeness (QED) is 0.299. The van der Waals surface area contributed by atoms with Crippen LogP contribution in [-0.4, -0.2) is 113 Å². The van der Waals surface area contributed by atoms with E-state index in [2.05, 4.69) is 5.32 Å². The van der Waals surface area contributed by atoms with Gasteiger partial charge in [0.25, 0.3) is 5.91 Å². The number of alkyl halides is 6. The average Bonchev–Trinajstić information content (AvgIpc) is 3.31. The summed E-state index contributed by atoms with van der Waals surface area (Å²) >= 11 is 0. The highest BCUT2D eigenvalue weighted by Crippen LogP contribution is 2.37. The van der Waals surface area contributed by atoms with E-state index in [1.807, 2.05) is 29.2 Å². The molecule has 4 aliphatic heterocycles. The average molecular weight is 782 g/mol. The Morgan fingerprint density at radius 2 is 1.35 bits per heavy atom. The SMILES string of the molecule is O=C(O)CN1CCC(C2CCN(C(=O)[C@@H](Cc3cc(C(F)(F)F)cc(C(F)(F)F)c3)OC(=O)N3CCC(N4CCc5ccccc5NC4=O)CC3)CC2)CC1. The van der Waals surface area contributed by atoms with Crippen molar-refractivity contribution in [3.8, 4) is 0 Å². The van der Waals surface area contributed by atoms with Crippen molar-refractivity contribution in [3.63, 3.8) is 0 Å². The van der Waals surface area contributed by atoms with Crippen molar-refractivity contribution in [2.75, 3.05) is 57.7 Å². The number of carbonyl (C=O) groups is 4. The highest BCUT2D eigenvalue weighted by Gasteiger charge is 2.40. The normalized spacial score (nSPS) is 20.4. The zero-order valence-electron chi connectivity index (χ0n) is 30.2. The number of benzene rings is 2. The summed E-state index contributed by atoms with van der Waals surface area (Å²) in [5.41, 5.74) is -1.79. The Bertz CT molecular complexity index is 1680. The third-order valence-electron chi connectivity index (χ3n) is 11.4. The van der Waals surface area contributed by atoms with E-state index in [1.165, 1.54) is 9.80 Å². The molecule has 1 atom stereocenters. The minimum Gasteiger partial charge on any atom is -0.480 e. The summed E-state index contributed by atoms with van der Waals surface area (Å²) in [5, 5.41) is 12.0. The highest BCUT2D eigenvalue weighted by atomic mass is 19.4. The molecule has 3 fully saturated rings. The zero-order chi connectivity index (χ0) is 39.5. The first-order chi connectivity index (χ1) is 26.0. The van der Waals surface area contributed by atoms with Crippen LogP contribution in [0.15, 0.2) is 42.5 Å². The number of amides is 4. The predicted octanol–water partition coefficient (Wildman–Crippen LogP) is 6.36. The lowest BCUT2D eigenvalue weighted by atomic mass is 9.78. The molecule has 4 aliphatic rings. The first-order valence-electron chi connectivity index (χ1n) is 18.7. The van der Waals surface area contributed by atoms with E-state index in [4.69, 9.17) is 9.84 Å². The molecule has 17 heteroatoms. The number of hydrogen-bond acceptors (Lipinski definition) is 6. The summed E-state index contributed by atoms with van der Waals surface area (Å²) < 4.78 is 88.1. The van der Waals surface area contributed by atoms with Gasteiger partial charge in [-0.1, -0.05) is 18.2 Å². The van der Waals surface area contributed by atoms with Crippen molar-refractivity contribution in [2.45, 2.75) is 75.9 Å². The molecule has 0 saturated carbocycles. The van der Waals surface area contributed by atoms with Crippen molar-refractivity contribution >= 4 is 29.7 Å². The second-order valence-corrected chi connectivity index (χ2v) is 14.9. The van der Waals surface area contributed by atoms with Gasteiger partial charge in [0.05, 0.1) is 17.7 Å². The Hall–Kier alpha value is -4.54. The molecule has 0 aromatic heterocycles. The topological polar surface area (TPSA) is 123 Å². The van der Waals surface area contributed by atoms with Crippen LogP contribution < -0.4 is 5.32 Å². The van der Waals surface area contributed by atoms with E-state index in [9.17, 15) is 45.5 Å². The van der Waals surface area contributed by atoms with Crippen LogP contribution in [0.2, 0.25) is 0 Å². The number of nitrogens with one attached hydrogen (secondary N) is 1. The van der Waals surface area contributed by atoms with E-state index in [0.29, 0.717) is 69.8 Å². The summed E-state index contributed by atoms with van der Waals surface area (Å²) in [6.07, 6.45) is -9.31. The molecular weight excluding hydrogens is 736 g/mol. The highest BCUT2D eigenvalue weighted by molar-refractivity contribution is 5.91. The van der Waals surface area contributed by atoms with Gasteiger partial charge in [0.2, 0.25) is 0 Å². The number of halogens is 6. The van der Waals surface area contributed by atoms with Crippen LogP contribution in [-0.2, 0) is 39.5 Å². The number of carbonyl (C=O) groups excluding carboxylic acids is 3. The maximum Gasteiger partial charge on any atom is 0.416 e. The van der Waals surface area contributed by atoms with E-state index in [0.717, 1.165) is 24.1 Å². The molecule has 0 radical (unpaired) electrons. The second kappa shape index (κ2) is 16.7. The molecule has 0 bridgehead atoms. The number of piperidine rings is 3. The molecule has 0 aliphatic carbocycles. The molecule has 6 rings (SSSR count). The van der Waals surface area contributed by atoms with Gasteiger partial charge in [-0.05, 0) is 105 Å². The van der Waals surface area contributed by atoms with E-state index in [-0.39, 0.29) is 56.8 Å². The van der Waals surface area contributed by atoms with Gasteiger partial charge in [-0.25, -0.2) is 9.59 Å². The smallest absolute Gasteiger partial charge is 0.416 e. The largest absolute Gasteiger partial charge is 0.480 e. The predicted molar refractivity (Wildman–Crippen MR) is 187 cm³/mol. The van der Waals surface area contributed by atoms with Crippen LogP contribution in [0.3, 0.4) is 0 Å². The molecule has 11 nitrogen and oxygen atoms in total. The number of anilines is 1. The number of hydrogen-bond donors (Lipinski definition) is 2. The van der Waals surface area contributed by atoms with Crippen molar-refractivity contribution in [1.82, 2.24) is 19.6 Å². The molecular formula is C38H45F6N5O6. The molecule has 3 saturated heterocycles. The fourth-order valence-corrected chi connectivity index (χ4v) is 8.39. The Morgan fingerprint density at radius 3 is 1.93 bits per heavy atom. The number of nitrogens with zero attached hydrogens (tertiary/aromatic N) is 4. The van der Waals surface area contributed by atoms with Gasteiger partial charge >= 0.3 is 30.4 Å². The number of carboxylic acids is 1. The monoisotopic (exact) mass is 781 g/mol. The standard InChI is InChI=1S/C38H45F6N5O6/c39-37(40,41)28-19-24(20-29(22-28)38(42,43)44)21-32(34(52)47-14-7-26(8-15-47)25-5-12-46(13-6-25)23-33(50)51)55-36(54)48-16-10-30(11-17-48)49-18-9-27-3-1-2-4-31(27)45-35(49)53/h1-4,19-20,22,25-26,30,32H,5-18,21,23H2,(H,45,53)(H,50,51)/t32-/m1/s1. The van der Waals surface area contributed by atoms with E-state index >= 15 is 0 Å². The van der Waals surface area contributed by atoms with Crippen LogP contribution in [0.5, 0.6) is 0 Å². The number of likely N-dealkylation sites (tertiary alicyclic amines) is 3.